The van der Waals surface area contributed by atoms with Crippen LogP contribution in [-0.4, -0.2) is 70.3 Å². The van der Waals surface area contributed by atoms with Crippen molar-refractivity contribution in [1.29, 1.82) is 0 Å². The quantitative estimate of drug-likeness (QED) is 0.443. The number of rotatable bonds is 8. The minimum atomic E-state index is -1.53. The fourth-order valence-corrected chi connectivity index (χ4v) is 2.60. The molecular weight excluding hydrogens is 372 g/mol. The second kappa shape index (κ2) is 10.0. The van der Waals surface area contributed by atoms with Crippen LogP contribution < -0.4 is 9.47 Å². The lowest BCUT2D eigenvalue weighted by atomic mass is 9.99. The zero-order valence-corrected chi connectivity index (χ0v) is 16.1. The molecule has 28 heavy (non-hydrogen) atoms. The number of ether oxygens (including phenoxy) is 4. The lowest BCUT2D eigenvalue weighted by Gasteiger charge is -2.39. The van der Waals surface area contributed by atoms with Gasteiger partial charge < -0.3 is 39.4 Å². The molecule has 5 atom stereocenters. The molecule has 9 heteroatoms. The molecule has 0 aromatic heterocycles. The lowest BCUT2D eigenvalue weighted by molar-refractivity contribution is -0.277. The maximum atomic E-state index is 11.1. The van der Waals surface area contributed by atoms with Gasteiger partial charge in [0.1, 0.15) is 42.5 Å². The third-order valence-corrected chi connectivity index (χ3v) is 4.14. The molecule has 0 radical (unpaired) electrons. The second-order valence-electron chi connectivity index (χ2n) is 7.07. The Bertz CT molecular complexity index is 646. The lowest BCUT2D eigenvalue weighted by Crippen LogP contribution is -2.60. The smallest absolute Gasteiger partial charge is 0.302 e. The van der Waals surface area contributed by atoms with Gasteiger partial charge in [-0.3, -0.25) is 4.79 Å². The first-order valence-electron chi connectivity index (χ1n) is 9.09. The molecule has 0 aliphatic carbocycles. The van der Waals surface area contributed by atoms with Crippen LogP contribution in [0, 0.1) is 5.92 Å². The van der Waals surface area contributed by atoms with Crippen LogP contribution in [-0.2, 0) is 20.9 Å². The average Bonchev–Trinajstić information content (AvgIpc) is 2.65. The van der Waals surface area contributed by atoms with Crippen molar-refractivity contribution in [3.63, 3.8) is 0 Å². The molecule has 1 saturated heterocycles. The molecule has 2 rings (SSSR count). The van der Waals surface area contributed by atoms with Crippen molar-refractivity contribution in [2.24, 2.45) is 5.92 Å². The standard InChI is InChI=1S/C19H28O9/c1-10(2)8-26-14-6-13(5-4-12(14)9-25-11(3)21)27-19-18(24)17(23)16(22)15(7-20)28-19/h4-6,10,15-20,22-24H,7-9H2,1-3H3/t15-,16-,17+,18-,19-/m1/s1. The summed E-state index contributed by atoms with van der Waals surface area (Å²) in [6.07, 6.45) is -6.87. The first kappa shape index (κ1) is 22.4. The highest BCUT2D eigenvalue weighted by atomic mass is 16.7. The molecule has 0 bridgehead atoms. The third-order valence-electron chi connectivity index (χ3n) is 4.14. The number of hydrogen-bond donors (Lipinski definition) is 4. The number of benzene rings is 1. The van der Waals surface area contributed by atoms with Crippen LogP contribution in [0.1, 0.15) is 26.3 Å². The normalized spacial score (nSPS) is 27.5. The van der Waals surface area contributed by atoms with Gasteiger partial charge in [-0.05, 0) is 18.1 Å². The predicted octanol–water partition coefficient (Wildman–Crippen LogP) is -0.0368. The molecule has 1 aromatic rings. The van der Waals surface area contributed by atoms with E-state index in [-0.39, 0.29) is 18.3 Å². The molecule has 0 unspecified atom stereocenters. The molecule has 158 valence electrons. The molecule has 0 saturated carbocycles. The van der Waals surface area contributed by atoms with Crippen LogP contribution in [0.15, 0.2) is 18.2 Å². The number of aliphatic hydroxyl groups is 4. The third kappa shape index (κ3) is 5.79. The summed E-state index contributed by atoms with van der Waals surface area (Å²) in [5.74, 6) is 0.555. The highest BCUT2D eigenvalue weighted by molar-refractivity contribution is 5.66. The molecule has 0 spiro atoms. The van der Waals surface area contributed by atoms with Crippen LogP contribution in [0.2, 0.25) is 0 Å². The summed E-state index contributed by atoms with van der Waals surface area (Å²) in [5, 5.41) is 39.1. The summed E-state index contributed by atoms with van der Waals surface area (Å²) >= 11 is 0. The molecule has 1 aromatic carbocycles. The van der Waals surface area contributed by atoms with Gasteiger partial charge in [0.25, 0.3) is 0 Å². The molecule has 1 aliphatic rings. The van der Waals surface area contributed by atoms with E-state index in [1.54, 1.807) is 18.2 Å². The largest absolute Gasteiger partial charge is 0.493 e. The van der Waals surface area contributed by atoms with Gasteiger partial charge in [-0.2, -0.15) is 0 Å². The number of carbonyl (C=O) groups is 1. The van der Waals surface area contributed by atoms with Gasteiger partial charge in [0.15, 0.2) is 0 Å². The maximum absolute atomic E-state index is 11.1. The van der Waals surface area contributed by atoms with Crippen LogP contribution >= 0.6 is 0 Å². The van der Waals surface area contributed by atoms with Gasteiger partial charge in [-0.1, -0.05) is 13.8 Å². The van der Waals surface area contributed by atoms with Crippen LogP contribution in [0.5, 0.6) is 11.5 Å². The fourth-order valence-electron chi connectivity index (χ4n) is 2.60. The highest BCUT2D eigenvalue weighted by Gasteiger charge is 2.44. The summed E-state index contributed by atoms with van der Waals surface area (Å²) in [4.78, 5) is 11.1. The van der Waals surface area contributed by atoms with Gasteiger partial charge in [0.2, 0.25) is 6.29 Å². The van der Waals surface area contributed by atoms with Crippen LogP contribution in [0.4, 0.5) is 0 Å². The Morgan fingerprint density at radius 2 is 1.89 bits per heavy atom. The van der Waals surface area contributed by atoms with E-state index in [2.05, 4.69) is 0 Å². The van der Waals surface area contributed by atoms with Crippen molar-refractivity contribution in [3.05, 3.63) is 23.8 Å². The summed E-state index contributed by atoms with van der Waals surface area (Å²) in [6.45, 7) is 5.19. The van der Waals surface area contributed by atoms with Crippen molar-refractivity contribution < 1.29 is 44.2 Å². The van der Waals surface area contributed by atoms with E-state index in [1.165, 1.54) is 6.92 Å². The van der Waals surface area contributed by atoms with Gasteiger partial charge in [-0.15, -0.1) is 0 Å². The number of hydrogen-bond acceptors (Lipinski definition) is 9. The van der Waals surface area contributed by atoms with Crippen molar-refractivity contribution in [2.45, 2.75) is 58.1 Å². The Labute approximate surface area is 163 Å². The van der Waals surface area contributed by atoms with E-state index in [1.807, 2.05) is 13.8 Å². The number of esters is 1. The zero-order valence-electron chi connectivity index (χ0n) is 16.1. The summed E-state index contributed by atoms with van der Waals surface area (Å²) in [6, 6.07) is 4.78. The topological polar surface area (TPSA) is 135 Å². The fraction of sp³-hybridized carbons (Fsp3) is 0.632. The minimum absolute atomic E-state index is 0.0308. The molecule has 4 N–H and O–H groups in total. The molecular formula is C19H28O9. The Balaban J connectivity index is 2.17. The van der Waals surface area contributed by atoms with E-state index in [4.69, 9.17) is 18.9 Å². The van der Waals surface area contributed by atoms with E-state index in [0.29, 0.717) is 17.9 Å². The summed E-state index contributed by atoms with van der Waals surface area (Å²) in [5.41, 5.74) is 0.636. The monoisotopic (exact) mass is 400 g/mol. The Hall–Kier alpha value is -1.91. The van der Waals surface area contributed by atoms with Crippen molar-refractivity contribution in [1.82, 2.24) is 0 Å². The van der Waals surface area contributed by atoms with Gasteiger partial charge >= 0.3 is 5.97 Å². The second-order valence-corrected chi connectivity index (χ2v) is 7.07. The molecule has 9 nitrogen and oxygen atoms in total. The van der Waals surface area contributed by atoms with Crippen molar-refractivity contribution in [3.8, 4) is 11.5 Å². The predicted molar refractivity (Wildman–Crippen MR) is 96.6 cm³/mol. The average molecular weight is 400 g/mol. The van der Waals surface area contributed by atoms with Crippen molar-refractivity contribution in [2.75, 3.05) is 13.2 Å². The van der Waals surface area contributed by atoms with E-state index in [0.717, 1.165) is 0 Å². The molecule has 1 fully saturated rings. The summed E-state index contributed by atoms with van der Waals surface area (Å²) in [7, 11) is 0. The Kier molecular flexibility index (Phi) is 8.02. The molecule has 0 amide bonds. The van der Waals surface area contributed by atoms with Gasteiger partial charge in [0.05, 0.1) is 13.2 Å². The molecule has 1 heterocycles. The Morgan fingerprint density at radius 1 is 1.18 bits per heavy atom. The van der Waals surface area contributed by atoms with Gasteiger partial charge in [-0.25, -0.2) is 0 Å². The number of aliphatic hydroxyl groups excluding tert-OH is 4. The minimum Gasteiger partial charge on any atom is -0.493 e. The summed E-state index contributed by atoms with van der Waals surface area (Å²) < 4.78 is 21.7. The molecule has 1 aliphatic heterocycles. The van der Waals surface area contributed by atoms with E-state index in [9.17, 15) is 25.2 Å². The Morgan fingerprint density at radius 3 is 2.50 bits per heavy atom. The van der Waals surface area contributed by atoms with E-state index >= 15 is 0 Å². The van der Waals surface area contributed by atoms with Crippen LogP contribution in [0.3, 0.4) is 0 Å². The first-order chi connectivity index (χ1) is 13.2. The van der Waals surface area contributed by atoms with Gasteiger partial charge in [0, 0.05) is 18.6 Å². The maximum Gasteiger partial charge on any atom is 0.302 e. The highest BCUT2D eigenvalue weighted by Crippen LogP contribution is 2.29. The number of carbonyl (C=O) groups excluding carboxylic acids is 1. The SMILES string of the molecule is CC(=O)OCc1ccc(O[C@@H]2O[C@H](CO)[C@@H](O)[C@H](O)[C@H]2O)cc1OCC(C)C. The van der Waals surface area contributed by atoms with E-state index < -0.39 is 43.3 Å². The van der Waals surface area contributed by atoms with Crippen LogP contribution in [0.25, 0.3) is 0 Å². The first-order valence-corrected chi connectivity index (χ1v) is 9.09. The zero-order chi connectivity index (χ0) is 20.8. The van der Waals surface area contributed by atoms with Crippen molar-refractivity contribution >= 4 is 5.97 Å².